The smallest absolute Gasteiger partial charge is 0.248 e. The Bertz CT molecular complexity index is 1130. The number of amides is 1. The third-order valence-corrected chi connectivity index (χ3v) is 6.48. The minimum atomic E-state index is -0.0252. The fourth-order valence-electron chi connectivity index (χ4n) is 3.68. The van der Waals surface area contributed by atoms with Crippen molar-refractivity contribution < 1.29 is 4.79 Å². The molecule has 0 spiro atoms. The maximum Gasteiger partial charge on any atom is 0.248 e. The van der Waals surface area contributed by atoms with Gasteiger partial charge in [0.1, 0.15) is 0 Å². The maximum atomic E-state index is 11.9. The molecule has 0 atom stereocenters. The van der Waals surface area contributed by atoms with E-state index in [4.69, 9.17) is 0 Å². The van der Waals surface area contributed by atoms with Crippen LogP contribution in [0, 0.1) is 0 Å². The Balaban J connectivity index is 1.41. The highest BCUT2D eigenvalue weighted by molar-refractivity contribution is 7.09. The summed E-state index contributed by atoms with van der Waals surface area (Å²) in [6, 6.07) is 16.7. The first-order chi connectivity index (χ1) is 15.6. The molecule has 2 aromatic heterocycles. The number of nitrogens with zero attached hydrogens (tertiary/aromatic N) is 1. The first-order valence-electron chi connectivity index (χ1n) is 10.8. The minimum absolute atomic E-state index is 0.0252. The van der Waals surface area contributed by atoms with Crippen LogP contribution in [-0.4, -0.2) is 24.0 Å². The molecule has 0 fully saturated rings. The van der Waals surface area contributed by atoms with Gasteiger partial charge >= 0.3 is 0 Å². The normalized spacial score (nSPS) is 13.7. The van der Waals surface area contributed by atoms with E-state index in [1.165, 1.54) is 10.4 Å². The van der Waals surface area contributed by atoms with E-state index in [9.17, 15) is 4.79 Å². The van der Waals surface area contributed by atoms with Crippen molar-refractivity contribution in [2.75, 3.05) is 13.1 Å². The van der Waals surface area contributed by atoms with Crippen LogP contribution in [0.3, 0.4) is 0 Å². The van der Waals surface area contributed by atoms with Gasteiger partial charge in [-0.15, -0.1) is 11.3 Å². The summed E-state index contributed by atoms with van der Waals surface area (Å²) in [6.07, 6.45) is 3.63. The molecule has 0 bridgehead atoms. The van der Waals surface area contributed by atoms with Gasteiger partial charge in [0.2, 0.25) is 5.91 Å². The molecule has 0 radical (unpaired) electrons. The van der Waals surface area contributed by atoms with E-state index >= 15 is 0 Å². The highest BCUT2D eigenvalue weighted by Crippen LogP contribution is 2.23. The number of hydrogen-bond donors (Lipinski definition) is 3. The van der Waals surface area contributed by atoms with Crippen molar-refractivity contribution >= 4 is 22.9 Å². The minimum Gasteiger partial charge on any atom is -0.358 e. The summed E-state index contributed by atoms with van der Waals surface area (Å²) in [5.74, 6) is -0.0252. The van der Waals surface area contributed by atoms with Crippen molar-refractivity contribution in [3.8, 4) is 11.3 Å². The van der Waals surface area contributed by atoms with Crippen LogP contribution >= 0.6 is 11.3 Å². The van der Waals surface area contributed by atoms with E-state index in [2.05, 4.69) is 69.3 Å². The molecular formula is C26H28N4OS. The summed E-state index contributed by atoms with van der Waals surface area (Å²) in [5, 5.41) is 11.8. The Morgan fingerprint density at radius 1 is 1.22 bits per heavy atom. The molecular weight excluding hydrogens is 416 g/mol. The molecule has 1 aliphatic heterocycles. The van der Waals surface area contributed by atoms with E-state index in [0.717, 1.165) is 54.1 Å². The predicted octanol–water partition coefficient (Wildman–Crippen LogP) is 4.50. The Labute approximate surface area is 193 Å². The first-order valence-corrected chi connectivity index (χ1v) is 11.7. The summed E-state index contributed by atoms with van der Waals surface area (Å²) in [4.78, 5) is 17.9. The van der Waals surface area contributed by atoms with Crippen molar-refractivity contribution in [3.63, 3.8) is 0 Å². The van der Waals surface area contributed by atoms with E-state index < -0.39 is 0 Å². The molecule has 3 heterocycles. The number of rotatable bonds is 9. The number of carbonyl (C=O) groups excluding carboxylic acids is 1. The Morgan fingerprint density at radius 3 is 2.97 bits per heavy atom. The van der Waals surface area contributed by atoms with Gasteiger partial charge in [0.05, 0.1) is 5.69 Å². The fraction of sp³-hybridized carbons (Fsp3) is 0.231. The van der Waals surface area contributed by atoms with Gasteiger partial charge in [-0.25, -0.2) is 0 Å². The molecule has 1 aromatic carbocycles. The first kappa shape index (κ1) is 22.0. The molecule has 1 amide bonds. The Morgan fingerprint density at radius 2 is 2.12 bits per heavy atom. The number of aromatic nitrogens is 1. The number of nitrogens with one attached hydrogen (secondary N) is 3. The van der Waals surface area contributed by atoms with Gasteiger partial charge in [-0.1, -0.05) is 30.8 Å². The van der Waals surface area contributed by atoms with E-state index in [1.54, 1.807) is 17.5 Å². The lowest BCUT2D eigenvalue weighted by atomic mass is 10.0. The van der Waals surface area contributed by atoms with Crippen LogP contribution in [0.15, 0.2) is 78.0 Å². The second-order valence-corrected chi connectivity index (χ2v) is 8.88. The van der Waals surface area contributed by atoms with Gasteiger partial charge in [-0.05, 0) is 48.6 Å². The third kappa shape index (κ3) is 5.52. The zero-order valence-corrected chi connectivity index (χ0v) is 19.1. The summed E-state index contributed by atoms with van der Waals surface area (Å²) in [7, 11) is 0. The third-order valence-electron chi connectivity index (χ3n) is 5.54. The number of benzene rings is 1. The van der Waals surface area contributed by atoms with Crippen molar-refractivity contribution in [2.24, 2.45) is 0 Å². The van der Waals surface area contributed by atoms with Gasteiger partial charge in [0.25, 0.3) is 0 Å². The second kappa shape index (κ2) is 10.4. The molecule has 0 aliphatic carbocycles. The largest absolute Gasteiger partial charge is 0.358 e. The quantitative estimate of drug-likeness (QED) is 0.425. The van der Waals surface area contributed by atoms with Crippen molar-refractivity contribution in [1.29, 1.82) is 0 Å². The standard InChI is InChI=1S/C26H28N4OS/c1-18-24(10-13-29-26(18)31)30-19(2)21-8-12-28-25(16-21)22-6-3-5-20(15-22)17-27-11-9-23-7-4-14-32-23/h3-8,12,14-16,27,30H,2,9-11,13,17H2,1H3,(H,29,31). The molecule has 3 aromatic rings. The van der Waals surface area contributed by atoms with Gasteiger partial charge in [0, 0.05) is 65.2 Å². The lowest BCUT2D eigenvalue weighted by Crippen LogP contribution is -2.34. The number of thiophene rings is 1. The Hall–Kier alpha value is -3.22. The molecule has 5 nitrogen and oxygen atoms in total. The monoisotopic (exact) mass is 444 g/mol. The number of pyridine rings is 1. The SMILES string of the molecule is C=C(NC1=C(C)C(=O)NCC1)c1ccnc(-c2cccc(CNCCc3cccs3)c2)c1. The molecule has 3 N–H and O–H groups in total. The molecule has 0 saturated carbocycles. The van der Waals surface area contributed by atoms with Crippen LogP contribution in [0.5, 0.6) is 0 Å². The maximum absolute atomic E-state index is 11.9. The summed E-state index contributed by atoms with van der Waals surface area (Å²) in [6.45, 7) is 8.44. The highest BCUT2D eigenvalue weighted by atomic mass is 32.1. The van der Waals surface area contributed by atoms with Crippen LogP contribution in [0.1, 0.15) is 29.3 Å². The fourth-order valence-corrected chi connectivity index (χ4v) is 4.39. The summed E-state index contributed by atoms with van der Waals surface area (Å²) < 4.78 is 0. The number of hydrogen-bond acceptors (Lipinski definition) is 5. The van der Waals surface area contributed by atoms with Crippen LogP contribution < -0.4 is 16.0 Å². The van der Waals surface area contributed by atoms with Crippen LogP contribution in [0.2, 0.25) is 0 Å². The summed E-state index contributed by atoms with van der Waals surface area (Å²) in [5.41, 5.74) is 6.57. The van der Waals surface area contributed by atoms with Crippen molar-refractivity contribution in [2.45, 2.75) is 26.3 Å². The zero-order valence-electron chi connectivity index (χ0n) is 18.3. The topological polar surface area (TPSA) is 66.0 Å². The van der Waals surface area contributed by atoms with Gasteiger partial charge in [-0.3, -0.25) is 9.78 Å². The van der Waals surface area contributed by atoms with Crippen LogP contribution in [-0.2, 0) is 17.8 Å². The average molecular weight is 445 g/mol. The zero-order chi connectivity index (χ0) is 22.3. The summed E-state index contributed by atoms with van der Waals surface area (Å²) >= 11 is 1.80. The highest BCUT2D eigenvalue weighted by Gasteiger charge is 2.17. The van der Waals surface area contributed by atoms with Gasteiger partial charge in [0.15, 0.2) is 0 Å². The molecule has 6 heteroatoms. The Kier molecular flexibility index (Phi) is 7.14. The van der Waals surface area contributed by atoms with Crippen LogP contribution in [0.4, 0.5) is 0 Å². The molecule has 164 valence electrons. The molecule has 4 rings (SSSR count). The molecule has 0 saturated heterocycles. The second-order valence-electron chi connectivity index (χ2n) is 7.85. The number of carbonyl (C=O) groups is 1. The van der Waals surface area contributed by atoms with Crippen LogP contribution in [0.25, 0.3) is 17.0 Å². The average Bonchev–Trinajstić information content (AvgIpc) is 3.34. The lowest BCUT2D eigenvalue weighted by Gasteiger charge is -2.21. The van der Waals surface area contributed by atoms with E-state index in [1.807, 2.05) is 19.1 Å². The van der Waals surface area contributed by atoms with Crippen molar-refractivity contribution in [3.05, 3.63) is 94.0 Å². The van der Waals surface area contributed by atoms with Gasteiger partial charge in [-0.2, -0.15) is 0 Å². The van der Waals surface area contributed by atoms with E-state index in [-0.39, 0.29) is 5.91 Å². The lowest BCUT2D eigenvalue weighted by molar-refractivity contribution is -0.117. The molecule has 32 heavy (non-hydrogen) atoms. The molecule has 0 unspecified atom stereocenters. The van der Waals surface area contributed by atoms with E-state index in [0.29, 0.717) is 12.1 Å². The van der Waals surface area contributed by atoms with Crippen molar-refractivity contribution in [1.82, 2.24) is 20.9 Å². The predicted molar refractivity (Wildman–Crippen MR) is 132 cm³/mol. The van der Waals surface area contributed by atoms with Gasteiger partial charge < -0.3 is 16.0 Å². The molecule has 1 aliphatic rings.